The van der Waals surface area contributed by atoms with E-state index in [4.69, 9.17) is 5.73 Å². The molecule has 0 aliphatic heterocycles. The van der Waals surface area contributed by atoms with Crippen LogP contribution in [0.15, 0.2) is 0 Å². The van der Waals surface area contributed by atoms with E-state index < -0.39 is 0 Å². The summed E-state index contributed by atoms with van der Waals surface area (Å²) in [5, 5.41) is 0. The molecule has 0 aromatic carbocycles. The second-order valence-electron chi connectivity index (χ2n) is 4.17. The van der Waals surface area contributed by atoms with Crippen LogP contribution in [-0.4, -0.2) is 9.97 Å². The highest BCUT2D eigenvalue weighted by atomic mass is 14.9. The van der Waals surface area contributed by atoms with E-state index in [1.165, 1.54) is 17.7 Å². The molecule has 2 rings (SSSR count). The fourth-order valence-corrected chi connectivity index (χ4v) is 1.96. The molecule has 1 aliphatic rings. The minimum atomic E-state index is 0.395. The number of hydrogen-bond acceptors (Lipinski definition) is 3. The summed E-state index contributed by atoms with van der Waals surface area (Å²) >= 11 is 0. The molecule has 76 valence electrons. The van der Waals surface area contributed by atoms with Gasteiger partial charge >= 0.3 is 0 Å². The van der Waals surface area contributed by atoms with E-state index >= 15 is 0 Å². The summed E-state index contributed by atoms with van der Waals surface area (Å²) in [6.07, 6.45) is 3.42. The van der Waals surface area contributed by atoms with Gasteiger partial charge in [-0.05, 0) is 24.8 Å². The zero-order valence-electron chi connectivity index (χ0n) is 8.88. The van der Waals surface area contributed by atoms with Gasteiger partial charge in [-0.25, -0.2) is 9.97 Å². The fourth-order valence-electron chi connectivity index (χ4n) is 1.96. The lowest BCUT2D eigenvalue weighted by molar-refractivity contribution is 0.741. The van der Waals surface area contributed by atoms with E-state index in [2.05, 4.69) is 23.8 Å². The fraction of sp³-hybridized carbons (Fsp3) is 0.636. The molecule has 0 saturated heterocycles. The first-order valence-corrected chi connectivity index (χ1v) is 5.31. The Morgan fingerprint density at radius 2 is 2.07 bits per heavy atom. The molecule has 1 aromatic heterocycles. The normalized spacial score (nSPS) is 14.9. The van der Waals surface area contributed by atoms with E-state index in [1.54, 1.807) is 0 Å². The minimum absolute atomic E-state index is 0.395. The van der Waals surface area contributed by atoms with Gasteiger partial charge in [-0.3, -0.25) is 0 Å². The predicted molar refractivity (Wildman–Crippen MR) is 56.0 cm³/mol. The van der Waals surface area contributed by atoms with Crippen LogP contribution in [0.1, 0.15) is 49.0 Å². The van der Waals surface area contributed by atoms with E-state index in [0.717, 1.165) is 24.4 Å². The Bertz CT molecular complexity index is 345. The van der Waals surface area contributed by atoms with Gasteiger partial charge in [0.2, 0.25) is 0 Å². The molecule has 0 bridgehead atoms. The van der Waals surface area contributed by atoms with Crippen LogP contribution in [0.5, 0.6) is 0 Å². The summed E-state index contributed by atoms with van der Waals surface area (Å²) in [6, 6.07) is 0. The van der Waals surface area contributed by atoms with Crippen LogP contribution in [-0.2, 0) is 19.4 Å². The first-order chi connectivity index (χ1) is 6.72. The summed E-state index contributed by atoms with van der Waals surface area (Å²) in [5.41, 5.74) is 9.32. The lowest BCUT2D eigenvalue weighted by Gasteiger charge is -2.10. The van der Waals surface area contributed by atoms with Gasteiger partial charge in [0.1, 0.15) is 5.82 Å². The number of rotatable bonds is 2. The molecule has 0 unspecified atom stereocenters. The highest BCUT2D eigenvalue weighted by Gasteiger charge is 2.19. The monoisotopic (exact) mass is 191 g/mol. The van der Waals surface area contributed by atoms with Crippen molar-refractivity contribution in [3.05, 3.63) is 22.8 Å². The molecule has 3 heteroatoms. The van der Waals surface area contributed by atoms with Gasteiger partial charge in [-0.15, -0.1) is 0 Å². The Kier molecular flexibility index (Phi) is 2.50. The maximum absolute atomic E-state index is 5.70. The summed E-state index contributed by atoms with van der Waals surface area (Å²) in [6.45, 7) is 4.79. The zero-order chi connectivity index (χ0) is 10.1. The zero-order valence-corrected chi connectivity index (χ0v) is 8.88. The molecule has 1 heterocycles. The Hall–Kier alpha value is -0.960. The molecule has 14 heavy (non-hydrogen) atoms. The molecule has 0 amide bonds. The third kappa shape index (κ3) is 1.52. The highest BCUT2D eigenvalue weighted by molar-refractivity contribution is 5.30. The van der Waals surface area contributed by atoms with E-state index in [1.807, 2.05) is 0 Å². The van der Waals surface area contributed by atoms with Gasteiger partial charge in [-0.1, -0.05) is 13.8 Å². The first kappa shape index (κ1) is 9.59. The van der Waals surface area contributed by atoms with Gasteiger partial charge in [0.25, 0.3) is 0 Å². The number of nitrogens with zero attached hydrogens (tertiary/aromatic N) is 2. The van der Waals surface area contributed by atoms with Crippen molar-refractivity contribution in [2.45, 2.75) is 45.6 Å². The molecule has 0 radical (unpaired) electrons. The molecule has 0 fully saturated rings. The van der Waals surface area contributed by atoms with Gasteiger partial charge in [0, 0.05) is 18.2 Å². The van der Waals surface area contributed by atoms with Crippen molar-refractivity contribution in [2.75, 3.05) is 0 Å². The van der Waals surface area contributed by atoms with Gasteiger partial charge < -0.3 is 5.73 Å². The van der Waals surface area contributed by atoms with E-state index in [0.29, 0.717) is 12.5 Å². The summed E-state index contributed by atoms with van der Waals surface area (Å²) in [5.74, 6) is 1.34. The number of nitrogens with two attached hydrogens (primary N) is 1. The van der Waals surface area contributed by atoms with Crippen molar-refractivity contribution in [2.24, 2.45) is 5.73 Å². The van der Waals surface area contributed by atoms with Crippen molar-refractivity contribution in [1.82, 2.24) is 9.97 Å². The Morgan fingerprint density at radius 1 is 1.29 bits per heavy atom. The number of aromatic nitrogens is 2. The average Bonchev–Trinajstić information content (AvgIpc) is 2.63. The van der Waals surface area contributed by atoms with Crippen LogP contribution in [0, 0.1) is 0 Å². The molecule has 3 nitrogen and oxygen atoms in total. The third-order valence-corrected chi connectivity index (χ3v) is 2.75. The lowest BCUT2D eigenvalue weighted by Crippen LogP contribution is -2.10. The molecule has 1 aliphatic carbocycles. The van der Waals surface area contributed by atoms with Crippen LogP contribution in [0.4, 0.5) is 0 Å². The van der Waals surface area contributed by atoms with Crippen LogP contribution >= 0.6 is 0 Å². The molecule has 0 atom stereocenters. The van der Waals surface area contributed by atoms with E-state index in [9.17, 15) is 0 Å². The molecule has 1 aromatic rings. The molecule has 0 saturated carbocycles. The van der Waals surface area contributed by atoms with Gasteiger partial charge in [-0.2, -0.15) is 0 Å². The molecule has 2 N–H and O–H groups in total. The molecular weight excluding hydrogens is 174 g/mol. The van der Waals surface area contributed by atoms with Crippen LogP contribution in [0.2, 0.25) is 0 Å². The topological polar surface area (TPSA) is 51.8 Å². The first-order valence-electron chi connectivity index (χ1n) is 5.31. The van der Waals surface area contributed by atoms with Crippen LogP contribution in [0.3, 0.4) is 0 Å². The Balaban J connectivity index is 2.49. The summed E-state index contributed by atoms with van der Waals surface area (Å²) in [7, 11) is 0. The minimum Gasteiger partial charge on any atom is -0.325 e. The van der Waals surface area contributed by atoms with Crippen LogP contribution < -0.4 is 5.73 Å². The van der Waals surface area contributed by atoms with Gasteiger partial charge in [0.15, 0.2) is 0 Å². The third-order valence-electron chi connectivity index (χ3n) is 2.75. The van der Waals surface area contributed by atoms with Crippen molar-refractivity contribution in [3.8, 4) is 0 Å². The van der Waals surface area contributed by atoms with Gasteiger partial charge in [0.05, 0.1) is 5.69 Å². The van der Waals surface area contributed by atoms with Crippen molar-refractivity contribution in [1.29, 1.82) is 0 Å². The van der Waals surface area contributed by atoms with Crippen molar-refractivity contribution in [3.63, 3.8) is 0 Å². The second kappa shape index (κ2) is 3.65. The maximum Gasteiger partial charge on any atom is 0.131 e. The number of fused-ring (bicyclic) bond motifs is 1. The molecule has 0 spiro atoms. The Morgan fingerprint density at radius 3 is 2.71 bits per heavy atom. The standard InChI is InChI=1S/C11H17N3/c1-7(2)11-13-9-5-3-4-8(9)10(6-12)14-11/h7H,3-6,12H2,1-2H3. The average molecular weight is 191 g/mol. The highest BCUT2D eigenvalue weighted by Crippen LogP contribution is 2.24. The van der Waals surface area contributed by atoms with E-state index in [-0.39, 0.29) is 0 Å². The number of hydrogen-bond donors (Lipinski definition) is 1. The quantitative estimate of drug-likeness (QED) is 0.771. The second-order valence-corrected chi connectivity index (χ2v) is 4.17. The van der Waals surface area contributed by atoms with Crippen LogP contribution in [0.25, 0.3) is 0 Å². The SMILES string of the molecule is CC(C)c1nc(CN)c2c(n1)CCC2. The van der Waals surface area contributed by atoms with Crippen molar-refractivity contribution >= 4 is 0 Å². The summed E-state index contributed by atoms with van der Waals surface area (Å²) in [4.78, 5) is 9.12. The predicted octanol–water partition coefficient (Wildman–Crippen LogP) is 1.55. The maximum atomic E-state index is 5.70. The lowest BCUT2D eigenvalue weighted by atomic mass is 10.1. The molecular formula is C11H17N3. The number of aryl methyl sites for hydroxylation is 1. The smallest absolute Gasteiger partial charge is 0.131 e. The summed E-state index contributed by atoms with van der Waals surface area (Å²) < 4.78 is 0. The van der Waals surface area contributed by atoms with Crippen molar-refractivity contribution < 1.29 is 0 Å². The largest absolute Gasteiger partial charge is 0.325 e. The Labute approximate surface area is 84.8 Å².